The van der Waals surface area contributed by atoms with Gasteiger partial charge in [0.15, 0.2) is 0 Å². The number of rotatable bonds is 2. The molecule has 0 aromatic heterocycles. The number of nitrogens with two attached hydrogens (primary N) is 1. The summed E-state index contributed by atoms with van der Waals surface area (Å²) < 4.78 is 30.2. The fraction of sp³-hybridized carbons (Fsp3) is 0.125. The molecule has 0 saturated carbocycles. The summed E-state index contributed by atoms with van der Waals surface area (Å²) in [7, 11) is -4.26. The lowest BCUT2D eigenvalue weighted by atomic mass is 10.2. The van der Waals surface area contributed by atoms with Crippen molar-refractivity contribution in [2.45, 2.75) is 11.8 Å². The van der Waals surface area contributed by atoms with Crippen LogP contribution in [0.15, 0.2) is 23.1 Å². The van der Waals surface area contributed by atoms with E-state index in [1.54, 1.807) is 0 Å². The Balaban J connectivity index is 3.15. The fourth-order valence-electron chi connectivity index (χ4n) is 1.00. The Hall–Kier alpha value is -1.60. The average molecular weight is 230 g/mol. The van der Waals surface area contributed by atoms with Crippen LogP contribution in [0.25, 0.3) is 0 Å². The molecule has 4 N–H and O–H groups in total. The van der Waals surface area contributed by atoms with Crippen molar-refractivity contribution < 1.29 is 17.8 Å². The molecule has 0 atom stereocenters. The van der Waals surface area contributed by atoms with Crippen molar-refractivity contribution in [2.24, 2.45) is 0 Å². The molecule has 1 aromatic carbocycles. The van der Waals surface area contributed by atoms with Gasteiger partial charge in [-0.25, -0.2) is 0 Å². The van der Waals surface area contributed by atoms with E-state index in [1.807, 2.05) is 0 Å². The van der Waals surface area contributed by atoms with Crippen LogP contribution in [0.1, 0.15) is 6.92 Å². The van der Waals surface area contributed by atoms with E-state index in [9.17, 15) is 13.2 Å². The van der Waals surface area contributed by atoms with Gasteiger partial charge in [-0.15, -0.1) is 0 Å². The van der Waals surface area contributed by atoms with Crippen molar-refractivity contribution in [1.82, 2.24) is 0 Å². The van der Waals surface area contributed by atoms with E-state index in [1.165, 1.54) is 13.0 Å². The van der Waals surface area contributed by atoms with E-state index < -0.39 is 10.1 Å². The summed E-state index contributed by atoms with van der Waals surface area (Å²) in [5.74, 6) is -0.318. The summed E-state index contributed by atoms with van der Waals surface area (Å²) in [6.45, 7) is 1.30. The first-order chi connectivity index (χ1) is 6.80. The van der Waals surface area contributed by atoms with Gasteiger partial charge < -0.3 is 11.1 Å². The van der Waals surface area contributed by atoms with Crippen LogP contribution >= 0.6 is 0 Å². The first-order valence-corrected chi connectivity index (χ1v) is 5.39. The maximum Gasteiger partial charge on any atom is 0.294 e. The van der Waals surface area contributed by atoms with Gasteiger partial charge in [-0.05, 0) is 18.2 Å². The predicted molar refractivity (Wildman–Crippen MR) is 55.0 cm³/mol. The summed E-state index contributed by atoms with van der Waals surface area (Å²) in [6, 6.07) is 3.53. The average Bonchev–Trinajstić information content (AvgIpc) is 2.05. The van der Waals surface area contributed by atoms with Crippen molar-refractivity contribution in [3.63, 3.8) is 0 Å². The number of nitrogens with one attached hydrogen (secondary N) is 1. The standard InChI is InChI=1S/C8H10N2O4S/c1-5(11)10-8-3-2-6(4-7(8)9)15(12,13)14/h2-4H,9H2,1H3,(H,10,11)(H,12,13,14). The van der Waals surface area contributed by atoms with Crippen LogP contribution in [0.2, 0.25) is 0 Å². The number of amides is 1. The zero-order valence-electron chi connectivity index (χ0n) is 7.89. The van der Waals surface area contributed by atoms with Crippen molar-refractivity contribution in [3.05, 3.63) is 18.2 Å². The minimum Gasteiger partial charge on any atom is -0.397 e. The monoisotopic (exact) mass is 230 g/mol. The van der Waals surface area contributed by atoms with Gasteiger partial charge in [0.25, 0.3) is 10.1 Å². The van der Waals surface area contributed by atoms with Crippen LogP contribution < -0.4 is 11.1 Å². The Bertz CT molecular complexity index is 495. The number of benzene rings is 1. The third-order valence-electron chi connectivity index (χ3n) is 1.63. The van der Waals surface area contributed by atoms with Gasteiger partial charge in [0.05, 0.1) is 16.3 Å². The Labute approximate surface area is 86.8 Å². The molecule has 0 bridgehead atoms. The Morgan fingerprint density at radius 1 is 1.47 bits per heavy atom. The molecule has 82 valence electrons. The number of carbonyl (C=O) groups excluding carboxylic acids is 1. The van der Waals surface area contributed by atoms with E-state index in [0.717, 1.165) is 12.1 Å². The minimum atomic E-state index is -4.26. The minimum absolute atomic E-state index is 0.0697. The van der Waals surface area contributed by atoms with Gasteiger partial charge in [-0.3, -0.25) is 9.35 Å². The van der Waals surface area contributed by atoms with Crippen molar-refractivity contribution in [1.29, 1.82) is 0 Å². The molecule has 15 heavy (non-hydrogen) atoms. The molecular formula is C8H10N2O4S. The highest BCUT2D eigenvalue weighted by atomic mass is 32.2. The smallest absolute Gasteiger partial charge is 0.294 e. The van der Waals surface area contributed by atoms with Crippen LogP contribution in [0, 0.1) is 0 Å². The molecule has 1 rings (SSSR count). The lowest BCUT2D eigenvalue weighted by Gasteiger charge is -2.06. The SMILES string of the molecule is CC(=O)Nc1ccc(S(=O)(=O)O)cc1N. The fourth-order valence-corrected chi connectivity index (χ4v) is 1.52. The molecule has 0 radical (unpaired) electrons. The van der Waals surface area contributed by atoms with Crippen LogP contribution in [0.3, 0.4) is 0 Å². The van der Waals surface area contributed by atoms with Crippen LogP contribution in [0.5, 0.6) is 0 Å². The zero-order chi connectivity index (χ0) is 11.6. The van der Waals surface area contributed by atoms with Gasteiger partial charge in [-0.2, -0.15) is 8.42 Å². The molecule has 0 unspecified atom stereocenters. The summed E-state index contributed by atoms with van der Waals surface area (Å²) in [4.78, 5) is 10.4. The summed E-state index contributed by atoms with van der Waals surface area (Å²) >= 11 is 0. The highest BCUT2D eigenvalue weighted by molar-refractivity contribution is 7.85. The maximum absolute atomic E-state index is 10.7. The molecule has 0 aliphatic heterocycles. The summed E-state index contributed by atoms with van der Waals surface area (Å²) in [5.41, 5.74) is 5.85. The van der Waals surface area contributed by atoms with Gasteiger partial charge in [0.2, 0.25) is 5.91 Å². The number of hydrogen-bond acceptors (Lipinski definition) is 4. The molecular weight excluding hydrogens is 220 g/mol. The largest absolute Gasteiger partial charge is 0.397 e. The maximum atomic E-state index is 10.7. The number of hydrogen-bond donors (Lipinski definition) is 3. The lowest BCUT2D eigenvalue weighted by Crippen LogP contribution is -2.09. The van der Waals surface area contributed by atoms with Crippen LogP contribution in [-0.2, 0) is 14.9 Å². The Morgan fingerprint density at radius 3 is 2.47 bits per heavy atom. The third kappa shape index (κ3) is 2.93. The second kappa shape index (κ2) is 3.87. The van der Waals surface area contributed by atoms with E-state index in [4.69, 9.17) is 10.3 Å². The van der Waals surface area contributed by atoms with Crippen molar-refractivity contribution in [2.75, 3.05) is 11.1 Å². The second-order valence-electron chi connectivity index (χ2n) is 2.91. The molecule has 6 nitrogen and oxygen atoms in total. The molecule has 7 heteroatoms. The molecule has 0 spiro atoms. The number of anilines is 2. The van der Waals surface area contributed by atoms with E-state index in [0.29, 0.717) is 5.69 Å². The number of carbonyl (C=O) groups is 1. The van der Waals surface area contributed by atoms with Crippen LogP contribution in [0.4, 0.5) is 11.4 Å². The van der Waals surface area contributed by atoms with E-state index in [2.05, 4.69) is 5.32 Å². The van der Waals surface area contributed by atoms with Gasteiger partial charge in [-0.1, -0.05) is 0 Å². The first kappa shape index (κ1) is 11.5. The Kier molecular flexibility index (Phi) is 2.96. The third-order valence-corrected chi connectivity index (χ3v) is 2.48. The van der Waals surface area contributed by atoms with E-state index >= 15 is 0 Å². The summed E-state index contributed by atoms with van der Waals surface area (Å²) in [6.07, 6.45) is 0. The molecule has 1 aromatic rings. The first-order valence-electron chi connectivity index (χ1n) is 3.95. The van der Waals surface area contributed by atoms with Crippen molar-refractivity contribution >= 4 is 27.4 Å². The number of nitrogen functional groups attached to an aromatic ring is 1. The molecule has 0 saturated heterocycles. The molecule has 0 aliphatic carbocycles. The van der Waals surface area contributed by atoms with Crippen LogP contribution in [-0.4, -0.2) is 18.9 Å². The zero-order valence-corrected chi connectivity index (χ0v) is 8.71. The highest BCUT2D eigenvalue weighted by Gasteiger charge is 2.11. The topological polar surface area (TPSA) is 109 Å². The predicted octanol–water partition coefficient (Wildman–Crippen LogP) is 0.474. The molecule has 0 heterocycles. The van der Waals surface area contributed by atoms with Crippen molar-refractivity contribution in [3.8, 4) is 0 Å². The molecule has 0 fully saturated rings. The van der Waals surface area contributed by atoms with Gasteiger partial charge in [0, 0.05) is 6.92 Å². The second-order valence-corrected chi connectivity index (χ2v) is 4.33. The Morgan fingerprint density at radius 2 is 2.07 bits per heavy atom. The molecule has 0 aliphatic rings. The molecule has 1 amide bonds. The lowest BCUT2D eigenvalue weighted by molar-refractivity contribution is -0.114. The van der Waals surface area contributed by atoms with E-state index in [-0.39, 0.29) is 16.5 Å². The quantitative estimate of drug-likeness (QED) is 0.505. The normalized spacial score (nSPS) is 11.1. The van der Waals surface area contributed by atoms with Gasteiger partial charge >= 0.3 is 0 Å². The van der Waals surface area contributed by atoms with Gasteiger partial charge in [0.1, 0.15) is 0 Å². The summed E-state index contributed by atoms with van der Waals surface area (Å²) in [5, 5.41) is 2.41. The highest BCUT2D eigenvalue weighted by Crippen LogP contribution is 2.22.